The van der Waals surface area contributed by atoms with Crippen molar-refractivity contribution in [2.24, 2.45) is 0 Å². The predicted molar refractivity (Wildman–Crippen MR) is 101 cm³/mol. The molecule has 1 saturated heterocycles. The van der Waals surface area contributed by atoms with Gasteiger partial charge in [-0.2, -0.15) is 11.3 Å². The summed E-state index contributed by atoms with van der Waals surface area (Å²) in [6.07, 6.45) is 0. The molecule has 1 fully saturated rings. The van der Waals surface area contributed by atoms with Gasteiger partial charge in [0.15, 0.2) is 0 Å². The summed E-state index contributed by atoms with van der Waals surface area (Å²) in [7, 11) is 0. The van der Waals surface area contributed by atoms with E-state index in [2.05, 4.69) is 31.9 Å². The highest BCUT2D eigenvalue weighted by Crippen LogP contribution is 2.29. The van der Waals surface area contributed by atoms with E-state index in [0.29, 0.717) is 22.3 Å². The van der Waals surface area contributed by atoms with Crippen molar-refractivity contribution in [2.75, 3.05) is 38.0 Å². The molecule has 128 valence electrons. The Bertz CT molecular complexity index is 685. The van der Waals surface area contributed by atoms with Crippen molar-refractivity contribution >= 4 is 46.1 Å². The van der Waals surface area contributed by atoms with E-state index in [4.69, 9.17) is 23.2 Å². The first kappa shape index (κ1) is 17.7. The van der Waals surface area contributed by atoms with Crippen LogP contribution in [0.4, 0.5) is 5.69 Å². The molecular weight excluding hydrogens is 365 g/mol. The molecular formula is C17H19Cl2N3OS. The second kappa shape index (κ2) is 8.32. The zero-order valence-electron chi connectivity index (χ0n) is 13.2. The first-order valence-electron chi connectivity index (χ1n) is 7.81. The highest BCUT2D eigenvalue weighted by atomic mass is 35.5. The Balaban J connectivity index is 1.45. The monoisotopic (exact) mass is 383 g/mol. The van der Waals surface area contributed by atoms with Crippen LogP contribution >= 0.6 is 34.5 Å². The minimum atomic E-state index is -0.0644. The molecule has 1 aliphatic rings. The average Bonchev–Trinajstić information content (AvgIpc) is 3.07. The van der Waals surface area contributed by atoms with Gasteiger partial charge in [0, 0.05) is 32.7 Å². The van der Waals surface area contributed by atoms with E-state index in [1.165, 1.54) is 5.56 Å². The van der Waals surface area contributed by atoms with Gasteiger partial charge in [0.2, 0.25) is 5.91 Å². The molecule has 2 heterocycles. The number of carbonyl (C=O) groups excluding carboxylic acids is 1. The van der Waals surface area contributed by atoms with Crippen LogP contribution in [-0.2, 0) is 11.3 Å². The number of halogens is 2. The molecule has 0 aliphatic carbocycles. The molecule has 2 aromatic rings. The molecule has 7 heteroatoms. The lowest BCUT2D eigenvalue weighted by Gasteiger charge is -2.34. The molecule has 1 N–H and O–H groups in total. The molecule has 3 rings (SSSR count). The number of nitrogens with zero attached hydrogens (tertiary/aromatic N) is 2. The summed E-state index contributed by atoms with van der Waals surface area (Å²) in [5.41, 5.74) is 1.92. The standard InChI is InChI=1S/C17H19Cl2N3OS/c18-14-2-1-3-15(17(14)19)20-16(23)11-22-7-5-21(6-8-22)10-13-4-9-24-12-13/h1-4,9,12H,5-8,10-11H2,(H,20,23). The second-order valence-electron chi connectivity index (χ2n) is 5.83. The third-order valence-electron chi connectivity index (χ3n) is 4.04. The first-order valence-corrected chi connectivity index (χ1v) is 9.51. The maximum absolute atomic E-state index is 12.2. The van der Waals surface area contributed by atoms with Crippen molar-refractivity contribution in [1.82, 2.24) is 9.80 Å². The van der Waals surface area contributed by atoms with Crippen LogP contribution in [0.1, 0.15) is 5.56 Å². The molecule has 1 aromatic carbocycles. The highest BCUT2D eigenvalue weighted by Gasteiger charge is 2.19. The van der Waals surface area contributed by atoms with E-state index in [9.17, 15) is 4.79 Å². The smallest absolute Gasteiger partial charge is 0.238 e. The van der Waals surface area contributed by atoms with Gasteiger partial charge < -0.3 is 5.32 Å². The van der Waals surface area contributed by atoms with Crippen LogP contribution in [0, 0.1) is 0 Å². The van der Waals surface area contributed by atoms with Gasteiger partial charge in [-0.25, -0.2) is 0 Å². The zero-order valence-corrected chi connectivity index (χ0v) is 15.5. The summed E-state index contributed by atoms with van der Waals surface area (Å²) in [5, 5.41) is 7.96. The molecule has 1 aromatic heterocycles. The summed E-state index contributed by atoms with van der Waals surface area (Å²) >= 11 is 13.8. The Hall–Kier alpha value is -1.11. The maximum Gasteiger partial charge on any atom is 0.238 e. The number of hydrogen-bond acceptors (Lipinski definition) is 4. The minimum absolute atomic E-state index is 0.0644. The largest absolute Gasteiger partial charge is 0.324 e. The van der Waals surface area contributed by atoms with Crippen LogP contribution in [0.3, 0.4) is 0 Å². The second-order valence-corrected chi connectivity index (χ2v) is 7.40. The summed E-state index contributed by atoms with van der Waals surface area (Å²) in [4.78, 5) is 16.8. The number of nitrogens with one attached hydrogen (secondary N) is 1. The predicted octanol–water partition coefficient (Wildman–Crippen LogP) is 3.81. The Morgan fingerprint density at radius 2 is 1.88 bits per heavy atom. The highest BCUT2D eigenvalue weighted by molar-refractivity contribution is 7.07. The van der Waals surface area contributed by atoms with Gasteiger partial charge in [0.05, 0.1) is 22.3 Å². The van der Waals surface area contributed by atoms with Gasteiger partial charge >= 0.3 is 0 Å². The number of rotatable bonds is 5. The lowest BCUT2D eigenvalue weighted by atomic mass is 10.2. The lowest BCUT2D eigenvalue weighted by molar-refractivity contribution is -0.117. The number of benzene rings is 1. The fourth-order valence-corrected chi connectivity index (χ4v) is 3.75. The van der Waals surface area contributed by atoms with E-state index >= 15 is 0 Å². The number of amides is 1. The summed E-state index contributed by atoms with van der Waals surface area (Å²) < 4.78 is 0. The number of hydrogen-bond donors (Lipinski definition) is 1. The maximum atomic E-state index is 12.2. The fourth-order valence-electron chi connectivity index (χ4n) is 2.74. The molecule has 0 atom stereocenters. The molecule has 1 aliphatic heterocycles. The summed E-state index contributed by atoms with van der Waals surface area (Å²) in [5.74, 6) is -0.0644. The van der Waals surface area contributed by atoms with Gasteiger partial charge in [-0.05, 0) is 34.5 Å². The molecule has 0 spiro atoms. The van der Waals surface area contributed by atoms with Crippen LogP contribution in [-0.4, -0.2) is 48.4 Å². The average molecular weight is 384 g/mol. The van der Waals surface area contributed by atoms with Crippen LogP contribution in [0.25, 0.3) is 0 Å². The SMILES string of the molecule is O=C(CN1CCN(Cc2ccsc2)CC1)Nc1cccc(Cl)c1Cl. The quantitative estimate of drug-likeness (QED) is 0.852. The van der Waals surface area contributed by atoms with Crippen LogP contribution in [0.15, 0.2) is 35.0 Å². The zero-order chi connectivity index (χ0) is 16.9. The lowest BCUT2D eigenvalue weighted by Crippen LogP contribution is -2.48. The van der Waals surface area contributed by atoms with Gasteiger partial charge in [-0.15, -0.1) is 0 Å². The summed E-state index contributed by atoms with van der Waals surface area (Å²) in [6.45, 7) is 5.08. The van der Waals surface area contributed by atoms with Crippen LogP contribution in [0.2, 0.25) is 10.0 Å². The van der Waals surface area contributed by atoms with Gasteiger partial charge in [0.1, 0.15) is 0 Å². The number of piperazine rings is 1. The van der Waals surface area contributed by atoms with Crippen molar-refractivity contribution in [1.29, 1.82) is 0 Å². The molecule has 0 unspecified atom stereocenters. The van der Waals surface area contributed by atoms with Crippen molar-refractivity contribution in [3.8, 4) is 0 Å². The number of carbonyl (C=O) groups is 1. The minimum Gasteiger partial charge on any atom is -0.324 e. The van der Waals surface area contributed by atoms with Crippen molar-refractivity contribution in [3.05, 3.63) is 50.6 Å². The van der Waals surface area contributed by atoms with Crippen molar-refractivity contribution in [2.45, 2.75) is 6.54 Å². The topological polar surface area (TPSA) is 35.6 Å². The van der Waals surface area contributed by atoms with Crippen LogP contribution < -0.4 is 5.32 Å². The third kappa shape index (κ3) is 4.71. The molecule has 0 radical (unpaired) electrons. The first-order chi connectivity index (χ1) is 11.6. The Morgan fingerprint density at radius 1 is 1.12 bits per heavy atom. The third-order valence-corrected chi connectivity index (χ3v) is 5.60. The van der Waals surface area contributed by atoms with Gasteiger partial charge in [0.25, 0.3) is 0 Å². The van der Waals surface area contributed by atoms with Crippen LogP contribution in [0.5, 0.6) is 0 Å². The van der Waals surface area contributed by atoms with E-state index in [-0.39, 0.29) is 5.91 Å². The Morgan fingerprint density at radius 3 is 2.58 bits per heavy atom. The normalized spacial score (nSPS) is 16.2. The van der Waals surface area contributed by atoms with Crippen molar-refractivity contribution < 1.29 is 4.79 Å². The van der Waals surface area contributed by atoms with E-state index in [1.54, 1.807) is 29.5 Å². The summed E-state index contributed by atoms with van der Waals surface area (Å²) in [6, 6.07) is 7.39. The molecule has 0 saturated carbocycles. The molecule has 24 heavy (non-hydrogen) atoms. The van der Waals surface area contributed by atoms with E-state index in [1.807, 2.05) is 0 Å². The van der Waals surface area contributed by atoms with E-state index < -0.39 is 0 Å². The Labute approximate surface area is 156 Å². The number of anilines is 1. The number of thiophene rings is 1. The molecule has 4 nitrogen and oxygen atoms in total. The van der Waals surface area contributed by atoms with Gasteiger partial charge in [-0.1, -0.05) is 29.3 Å². The van der Waals surface area contributed by atoms with Gasteiger partial charge in [-0.3, -0.25) is 14.6 Å². The molecule has 0 bridgehead atoms. The molecule has 1 amide bonds. The Kier molecular flexibility index (Phi) is 6.14. The van der Waals surface area contributed by atoms with Crippen molar-refractivity contribution in [3.63, 3.8) is 0 Å². The fraction of sp³-hybridized carbons (Fsp3) is 0.353. The van der Waals surface area contributed by atoms with E-state index in [0.717, 1.165) is 32.7 Å².